The van der Waals surface area contributed by atoms with Gasteiger partial charge in [-0.1, -0.05) is 23.3 Å². The molecule has 1 N–H and O–H groups in total. The van der Waals surface area contributed by atoms with Crippen LogP contribution in [0.5, 0.6) is 11.5 Å². The van der Waals surface area contributed by atoms with Gasteiger partial charge in [-0.25, -0.2) is 0 Å². The fourth-order valence-electron chi connectivity index (χ4n) is 2.60. The molecule has 0 radical (unpaired) electrons. The van der Waals surface area contributed by atoms with Crippen LogP contribution in [0.1, 0.15) is 21.8 Å². The Hall–Kier alpha value is -3.00. The smallest absolute Gasteiger partial charge is 0.322 e. The summed E-state index contributed by atoms with van der Waals surface area (Å²) in [4.78, 5) is 13.3. The van der Waals surface area contributed by atoms with Crippen molar-refractivity contribution in [2.24, 2.45) is 0 Å². The van der Waals surface area contributed by atoms with Gasteiger partial charge in [0.1, 0.15) is 0 Å². The highest BCUT2D eigenvalue weighted by Crippen LogP contribution is 2.33. The summed E-state index contributed by atoms with van der Waals surface area (Å²) in [7, 11) is 0. The van der Waals surface area contributed by atoms with Crippen molar-refractivity contribution < 1.29 is 18.7 Å². The highest BCUT2D eigenvalue weighted by Gasteiger charge is 2.16. The molecule has 4 rings (SSSR count). The van der Waals surface area contributed by atoms with Gasteiger partial charge in [-0.2, -0.15) is 0 Å². The van der Waals surface area contributed by atoms with Crippen molar-refractivity contribution >= 4 is 23.7 Å². The maximum Gasteiger partial charge on any atom is 0.322 e. The first-order valence-electron chi connectivity index (χ1n) is 7.88. The molecule has 0 saturated heterocycles. The van der Waals surface area contributed by atoms with Gasteiger partial charge in [0.15, 0.2) is 11.5 Å². The lowest BCUT2D eigenvalue weighted by molar-refractivity contribution is 0.102. The number of rotatable bonds is 5. The Morgan fingerprint density at radius 3 is 2.88 bits per heavy atom. The molecule has 2 heterocycles. The van der Waals surface area contributed by atoms with E-state index in [0.717, 1.165) is 16.2 Å². The third kappa shape index (κ3) is 3.36. The molecule has 1 amide bonds. The van der Waals surface area contributed by atoms with E-state index in [9.17, 15) is 4.79 Å². The third-order valence-electron chi connectivity index (χ3n) is 3.83. The number of fused-ring (bicyclic) bond motifs is 1. The van der Waals surface area contributed by atoms with Crippen LogP contribution in [-0.2, 0) is 6.42 Å². The third-order valence-corrected chi connectivity index (χ3v) is 4.63. The van der Waals surface area contributed by atoms with Crippen LogP contribution in [0.2, 0.25) is 0 Å². The quantitative estimate of drug-likeness (QED) is 0.690. The number of aromatic nitrogens is 2. The predicted molar refractivity (Wildman–Crippen MR) is 95.8 cm³/mol. The van der Waals surface area contributed by atoms with Crippen LogP contribution in [-0.4, -0.2) is 29.2 Å². The molecular weight excluding hydrogens is 354 g/mol. The first-order chi connectivity index (χ1) is 12.7. The van der Waals surface area contributed by atoms with E-state index in [1.54, 1.807) is 6.07 Å². The summed E-state index contributed by atoms with van der Waals surface area (Å²) in [6.45, 7) is 0.229. The van der Waals surface area contributed by atoms with Crippen LogP contribution >= 0.6 is 11.8 Å². The molecule has 7 nitrogen and oxygen atoms in total. The molecule has 3 aromatic rings. The van der Waals surface area contributed by atoms with Gasteiger partial charge in [-0.3, -0.25) is 10.1 Å². The lowest BCUT2D eigenvalue weighted by Crippen LogP contribution is -2.13. The first-order valence-corrected chi connectivity index (χ1v) is 9.10. The minimum atomic E-state index is -0.284. The zero-order valence-corrected chi connectivity index (χ0v) is 14.7. The molecule has 8 heteroatoms. The van der Waals surface area contributed by atoms with E-state index in [1.807, 2.05) is 42.7 Å². The maximum absolute atomic E-state index is 12.4. The van der Waals surface area contributed by atoms with Crippen LogP contribution in [0.25, 0.3) is 0 Å². The molecule has 0 unspecified atom stereocenters. The zero-order valence-electron chi connectivity index (χ0n) is 13.9. The summed E-state index contributed by atoms with van der Waals surface area (Å²) in [6.07, 6.45) is 2.35. The normalized spacial score (nSPS) is 12.2. The maximum atomic E-state index is 12.4. The van der Waals surface area contributed by atoms with Gasteiger partial charge in [0.2, 0.25) is 12.7 Å². The minimum absolute atomic E-state index is 0.0710. The lowest BCUT2D eigenvalue weighted by atomic mass is 10.1. The predicted octanol–water partition coefficient (Wildman–Crippen LogP) is 3.36. The molecule has 1 aliphatic heterocycles. The molecule has 132 valence electrons. The number of benzene rings is 2. The molecule has 0 fully saturated rings. The number of carbonyl (C=O) groups excluding carboxylic acids is 1. The summed E-state index contributed by atoms with van der Waals surface area (Å²) < 4.78 is 16.2. The number of nitrogens with one attached hydrogen (secondary N) is 1. The van der Waals surface area contributed by atoms with E-state index in [-0.39, 0.29) is 18.7 Å². The number of ether oxygens (including phenoxy) is 2. The van der Waals surface area contributed by atoms with Crippen molar-refractivity contribution in [3.8, 4) is 11.5 Å². The van der Waals surface area contributed by atoms with Crippen molar-refractivity contribution in [1.82, 2.24) is 10.2 Å². The van der Waals surface area contributed by atoms with E-state index in [0.29, 0.717) is 23.6 Å². The fraction of sp³-hybridized carbons (Fsp3) is 0.167. The van der Waals surface area contributed by atoms with Gasteiger partial charge >= 0.3 is 6.01 Å². The fourth-order valence-corrected chi connectivity index (χ4v) is 3.19. The van der Waals surface area contributed by atoms with E-state index < -0.39 is 0 Å². The van der Waals surface area contributed by atoms with Crippen LogP contribution in [0.3, 0.4) is 0 Å². The van der Waals surface area contributed by atoms with E-state index in [4.69, 9.17) is 13.9 Å². The van der Waals surface area contributed by atoms with Gasteiger partial charge in [0.05, 0.1) is 12.0 Å². The highest BCUT2D eigenvalue weighted by atomic mass is 32.2. The monoisotopic (exact) mass is 369 g/mol. The number of anilines is 1. The second-order valence-electron chi connectivity index (χ2n) is 5.52. The molecule has 0 saturated carbocycles. The Morgan fingerprint density at radius 2 is 2.00 bits per heavy atom. The molecule has 1 aliphatic rings. The van der Waals surface area contributed by atoms with Crippen molar-refractivity contribution in [3.05, 3.63) is 59.5 Å². The summed E-state index contributed by atoms with van der Waals surface area (Å²) in [5.74, 6) is 1.54. The molecule has 1 aromatic heterocycles. The second-order valence-corrected chi connectivity index (χ2v) is 6.37. The van der Waals surface area contributed by atoms with Gasteiger partial charge in [-0.15, -0.1) is 16.9 Å². The van der Waals surface area contributed by atoms with Gasteiger partial charge in [-0.05, 0) is 36.1 Å². The number of hydrogen-bond donors (Lipinski definition) is 1. The largest absolute Gasteiger partial charge is 0.454 e. The first kappa shape index (κ1) is 16.5. The van der Waals surface area contributed by atoms with Crippen LogP contribution in [0, 0.1) is 0 Å². The van der Waals surface area contributed by atoms with Crippen LogP contribution in [0.15, 0.2) is 51.8 Å². The SMILES string of the molecule is CSc1ccccc1C(=O)Nc1nnc(Cc2ccc3c(c2)OCO3)o1. The van der Waals surface area contributed by atoms with Crippen molar-refractivity contribution in [3.63, 3.8) is 0 Å². The van der Waals surface area contributed by atoms with Crippen molar-refractivity contribution in [1.29, 1.82) is 0 Å². The minimum Gasteiger partial charge on any atom is -0.454 e. The number of carbonyl (C=O) groups is 1. The van der Waals surface area contributed by atoms with Crippen molar-refractivity contribution in [2.45, 2.75) is 11.3 Å². The van der Waals surface area contributed by atoms with Crippen molar-refractivity contribution in [2.75, 3.05) is 18.4 Å². The molecule has 0 spiro atoms. The summed E-state index contributed by atoms with van der Waals surface area (Å²) in [6, 6.07) is 13.0. The van der Waals surface area contributed by atoms with Gasteiger partial charge in [0.25, 0.3) is 5.91 Å². The Labute approximate surface area is 153 Å². The van der Waals surface area contributed by atoms with Crippen LogP contribution in [0.4, 0.5) is 6.01 Å². The number of thioether (sulfide) groups is 1. The summed E-state index contributed by atoms with van der Waals surface area (Å²) >= 11 is 1.50. The van der Waals surface area contributed by atoms with E-state index in [2.05, 4.69) is 15.5 Å². The molecule has 0 bridgehead atoms. The number of nitrogens with zero attached hydrogens (tertiary/aromatic N) is 2. The summed E-state index contributed by atoms with van der Waals surface area (Å²) in [5.41, 5.74) is 1.51. The number of hydrogen-bond acceptors (Lipinski definition) is 7. The lowest BCUT2D eigenvalue weighted by Gasteiger charge is -2.05. The Kier molecular flexibility index (Phi) is 4.49. The number of amides is 1. The standard InChI is InChI=1S/C18H15N3O4S/c1-26-15-5-3-2-4-12(15)17(22)19-18-21-20-16(25-18)9-11-6-7-13-14(8-11)24-10-23-13/h2-8H,9-10H2,1H3,(H,19,21,22). The molecule has 0 aliphatic carbocycles. The highest BCUT2D eigenvalue weighted by molar-refractivity contribution is 7.98. The Morgan fingerprint density at radius 1 is 1.15 bits per heavy atom. The van der Waals surface area contributed by atoms with E-state index in [1.165, 1.54) is 11.8 Å². The summed E-state index contributed by atoms with van der Waals surface area (Å²) in [5, 5.41) is 10.5. The molecule has 2 aromatic carbocycles. The van der Waals surface area contributed by atoms with Crippen LogP contribution < -0.4 is 14.8 Å². The molecule has 26 heavy (non-hydrogen) atoms. The van der Waals surface area contributed by atoms with Gasteiger partial charge in [0, 0.05) is 4.90 Å². The second kappa shape index (κ2) is 7.09. The Bertz CT molecular complexity index is 957. The average molecular weight is 369 g/mol. The zero-order chi connectivity index (χ0) is 17.9. The topological polar surface area (TPSA) is 86.5 Å². The Balaban J connectivity index is 1.45. The van der Waals surface area contributed by atoms with E-state index >= 15 is 0 Å². The molecule has 0 atom stereocenters. The molecular formula is C18H15N3O4S. The van der Waals surface area contributed by atoms with Gasteiger partial charge < -0.3 is 13.9 Å². The average Bonchev–Trinajstić information content (AvgIpc) is 3.30.